The zero-order valence-corrected chi connectivity index (χ0v) is 14.9. The van der Waals surface area contributed by atoms with Crippen molar-refractivity contribution in [1.29, 1.82) is 0 Å². The van der Waals surface area contributed by atoms with E-state index in [1.54, 1.807) is 7.11 Å². The number of amides is 2. The molecule has 0 radical (unpaired) electrons. The minimum atomic E-state index is -0.331. The average molecular weight is 350 g/mol. The summed E-state index contributed by atoms with van der Waals surface area (Å²) in [5.41, 5.74) is 0. The van der Waals surface area contributed by atoms with Crippen LogP contribution in [0.15, 0.2) is 4.52 Å². The van der Waals surface area contributed by atoms with E-state index < -0.39 is 0 Å². The van der Waals surface area contributed by atoms with Crippen LogP contribution in [0.5, 0.6) is 0 Å². The van der Waals surface area contributed by atoms with E-state index in [-0.39, 0.29) is 29.7 Å². The van der Waals surface area contributed by atoms with E-state index >= 15 is 0 Å². The summed E-state index contributed by atoms with van der Waals surface area (Å²) >= 11 is 0. The largest absolute Gasteiger partial charge is 0.384 e. The Bertz CT molecular complexity index is 606. The van der Waals surface area contributed by atoms with Crippen LogP contribution in [0.2, 0.25) is 0 Å². The Kier molecular flexibility index (Phi) is 5.67. The Labute approximate surface area is 147 Å². The van der Waals surface area contributed by atoms with E-state index in [4.69, 9.17) is 9.26 Å². The van der Waals surface area contributed by atoms with Crippen molar-refractivity contribution in [2.45, 2.75) is 45.1 Å². The molecule has 0 aromatic carbocycles. The van der Waals surface area contributed by atoms with Crippen LogP contribution in [-0.2, 0) is 20.7 Å². The number of ether oxygens (including phenoxy) is 1. The summed E-state index contributed by atoms with van der Waals surface area (Å²) in [6.07, 6.45) is 4.04. The highest BCUT2D eigenvalue weighted by Gasteiger charge is 2.36. The Balaban J connectivity index is 1.45. The molecule has 8 nitrogen and oxygen atoms in total. The summed E-state index contributed by atoms with van der Waals surface area (Å²) in [5, 5.41) is 6.83. The van der Waals surface area contributed by atoms with Crippen LogP contribution in [0, 0.1) is 11.8 Å². The first kappa shape index (κ1) is 17.8. The predicted molar refractivity (Wildman–Crippen MR) is 88.5 cm³/mol. The lowest BCUT2D eigenvalue weighted by molar-refractivity contribution is -0.136. The molecule has 1 unspecified atom stereocenters. The van der Waals surface area contributed by atoms with Crippen LogP contribution in [0.4, 0.5) is 0 Å². The van der Waals surface area contributed by atoms with Crippen molar-refractivity contribution in [2.75, 3.05) is 26.8 Å². The molecule has 1 aromatic rings. The molecule has 2 fully saturated rings. The maximum atomic E-state index is 12.5. The molecular weight excluding hydrogens is 324 g/mol. The molecule has 1 atom stereocenters. The van der Waals surface area contributed by atoms with Crippen LogP contribution in [-0.4, -0.2) is 53.7 Å². The van der Waals surface area contributed by atoms with E-state index in [0.29, 0.717) is 50.7 Å². The number of rotatable bonds is 7. The SMILES string of the molecule is COCCc1noc(C(C)NC(=O)C2CCN(C(=O)C3CC3)CC2)n1. The minimum Gasteiger partial charge on any atom is -0.384 e. The van der Waals surface area contributed by atoms with Gasteiger partial charge in [-0.15, -0.1) is 0 Å². The zero-order valence-electron chi connectivity index (χ0n) is 14.9. The minimum absolute atomic E-state index is 0.0114. The Morgan fingerprint density at radius 1 is 1.28 bits per heavy atom. The van der Waals surface area contributed by atoms with Crippen LogP contribution in [0.3, 0.4) is 0 Å². The number of hydrogen-bond donors (Lipinski definition) is 1. The molecule has 1 aromatic heterocycles. The molecule has 1 saturated carbocycles. The Morgan fingerprint density at radius 3 is 2.64 bits per heavy atom. The lowest BCUT2D eigenvalue weighted by Crippen LogP contribution is -2.44. The molecule has 1 aliphatic carbocycles. The summed E-state index contributed by atoms with van der Waals surface area (Å²) in [6, 6.07) is -0.331. The van der Waals surface area contributed by atoms with E-state index in [0.717, 1.165) is 12.8 Å². The van der Waals surface area contributed by atoms with Crippen LogP contribution < -0.4 is 5.32 Å². The first-order chi connectivity index (χ1) is 12.1. The second-order valence-corrected chi connectivity index (χ2v) is 6.90. The van der Waals surface area contributed by atoms with Gasteiger partial charge in [0.2, 0.25) is 17.7 Å². The van der Waals surface area contributed by atoms with E-state index in [1.165, 1.54) is 0 Å². The number of nitrogens with zero attached hydrogens (tertiary/aromatic N) is 3. The summed E-state index contributed by atoms with van der Waals surface area (Å²) in [5.74, 6) is 1.41. The first-order valence-electron chi connectivity index (χ1n) is 8.99. The number of piperidine rings is 1. The highest BCUT2D eigenvalue weighted by Crippen LogP contribution is 2.32. The lowest BCUT2D eigenvalue weighted by Gasteiger charge is -2.31. The number of likely N-dealkylation sites (tertiary alicyclic amines) is 1. The fraction of sp³-hybridized carbons (Fsp3) is 0.765. The molecule has 0 spiro atoms. The van der Waals surface area contributed by atoms with Gasteiger partial charge in [-0.3, -0.25) is 9.59 Å². The second-order valence-electron chi connectivity index (χ2n) is 6.90. The third-order valence-corrected chi connectivity index (χ3v) is 4.85. The van der Waals surface area contributed by atoms with Gasteiger partial charge in [0, 0.05) is 38.5 Å². The molecule has 25 heavy (non-hydrogen) atoms. The number of carbonyl (C=O) groups is 2. The van der Waals surface area contributed by atoms with Gasteiger partial charge in [-0.25, -0.2) is 0 Å². The molecule has 1 aliphatic heterocycles. The molecule has 1 N–H and O–H groups in total. The zero-order chi connectivity index (χ0) is 17.8. The predicted octanol–water partition coefficient (Wildman–Crippen LogP) is 1.08. The molecule has 1 saturated heterocycles. The van der Waals surface area contributed by atoms with Crippen LogP contribution >= 0.6 is 0 Å². The van der Waals surface area contributed by atoms with E-state index in [1.807, 2.05) is 11.8 Å². The molecule has 0 bridgehead atoms. The monoisotopic (exact) mass is 350 g/mol. The highest BCUT2D eigenvalue weighted by molar-refractivity contribution is 5.82. The summed E-state index contributed by atoms with van der Waals surface area (Å²) in [4.78, 5) is 30.7. The molecule has 138 valence electrons. The van der Waals surface area contributed by atoms with Gasteiger partial charge in [-0.2, -0.15) is 4.98 Å². The second kappa shape index (κ2) is 7.95. The molecule has 8 heteroatoms. The average Bonchev–Trinajstić information content (AvgIpc) is 3.37. The number of hydrogen-bond acceptors (Lipinski definition) is 6. The van der Waals surface area contributed by atoms with Gasteiger partial charge in [0.1, 0.15) is 6.04 Å². The smallest absolute Gasteiger partial charge is 0.248 e. The van der Waals surface area contributed by atoms with E-state index in [9.17, 15) is 9.59 Å². The Hall–Kier alpha value is -1.96. The van der Waals surface area contributed by atoms with Gasteiger partial charge in [-0.1, -0.05) is 5.16 Å². The summed E-state index contributed by atoms with van der Waals surface area (Å²) < 4.78 is 10.2. The standard InChI is InChI=1S/C17H26N4O4/c1-11(16-19-14(20-25-16)7-10-24-2)18-15(22)12-5-8-21(9-6-12)17(23)13-3-4-13/h11-13H,3-10H2,1-2H3,(H,18,22). The van der Waals surface area contributed by atoms with Crippen molar-refractivity contribution in [2.24, 2.45) is 11.8 Å². The molecule has 3 rings (SSSR count). The number of nitrogens with one attached hydrogen (secondary N) is 1. The van der Waals surface area contributed by atoms with Gasteiger partial charge in [0.15, 0.2) is 5.82 Å². The van der Waals surface area contributed by atoms with Gasteiger partial charge < -0.3 is 19.5 Å². The normalized spacial score (nSPS) is 19.7. The van der Waals surface area contributed by atoms with Crippen molar-refractivity contribution < 1.29 is 18.8 Å². The van der Waals surface area contributed by atoms with Gasteiger partial charge in [-0.05, 0) is 32.6 Å². The van der Waals surface area contributed by atoms with Crippen molar-refractivity contribution in [3.05, 3.63) is 11.7 Å². The molecule has 2 heterocycles. The maximum Gasteiger partial charge on any atom is 0.248 e. The number of aromatic nitrogens is 2. The quantitative estimate of drug-likeness (QED) is 0.790. The number of methoxy groups -OCH3 is 1. The summed E-state index contributed by atoms with van der Waals surface area (Å²) in [7, 11) is 1.62. The highest BCUT2D eigenvalue weighted by atomic mass is 16.5. The molecule has 2 amide bonds. The van der Waals surface area contributed by atoms with Crippen LogP contribution in [0.1, 0.15) is 50.4 Å². The van der Waals surface area contributed by atoms with Gasteiger partial charge in [0.05, 0.1) is 6.61 Å². The van der Waals surface area contributed by atoms with Gasteiger partial charge in [0.25, 0.3) is 0 Å². The topological polar surface area (TPSA) is 97.6 Å². The fourth-order valence-corrected chi connectivity index (χ4v) is 3.08. The third-order valence-electron chi connectivity index (χ3n) is 4.85. The fourth-order valence-electron chi connectivity index (χ4n) is 3.08. The van der Waals surface area contributed by atoms with E-state index in [2.05, 4.69) is 15.5 Å². The van der Waals surface area contributed by atoms with Crippen molar-refractivity contribution in [1.82, 2.24) is 20.4 Å². The third kappa shape index (κ3) is 4.56. The van der Waals surface area contributed by atoms with Crippen molar-refractivity contribution >= 4 is 11.8 Å². The maximum absolute atomic E-state index is 12.5. The molecule has 2 aliphatic rings. The van der Waals surface area contributed by atoms with Crippen LogP contribution in [0.25, 0.3) is 0 Å². The number of carbonyl (C=O) groups excluding carboxylic acids is 2. The van der Waals surface area contributed by atoms with Crippen molar-refractivity contribution in [3.8, 4) is 0 Å². The van der Waals surface area contributed by atoms with Crippen molar-refractivity contribution in [3.63, 3.8) is 0 Å². The first-order valence-corrected chi connectivity index (χ1v) is 8.99. The lowest BCUT2D eigenvalue weighted by atomic mass is 9.95. The van der Waals surface area contributed by atoms with Gasteiger partial charge >= 0.3 is 0 Å². The molecular formula is C17H26N4O4. The summed E-state index contributed by atoms with van der Waals surface area (Å²) in [6.45, 7) is 3.70. The Morgan fingerprint density at radius 2 is 2.00 bits per heavy atom.